The summed E-state index contributed by atoms with van der Waals surface area (Å²) in [5, 5.41) is 0.180. The van der Waals surface area contributed by atoms with Gasteiger partial charge >= 0.3 is 11.7 Å². The van der Waals surface area contributed by atoms with Crippen molar-refractivity contribution in [3.63, 3.8) is 0 Å². The minimum Gasteiger partial charge on any atom is -0.454 e. The molecule has 144 valence electrons. The molecule has 0 atom stereocenters. The van der Waals surface area contributed by atoms with Crippen molar-refractivity contribution in [2.75, 3.05) is 18.6 Å². The Labute approximate surface area is 163 Å². The summed E-state index contributed by atoms with van der Waals surface area (Å²) in [5.41, 5.74) is 3.87. The molecule has 27 heavy (non-hydrogen) atoms. The number of aromatic nitrogens is 2. The first-order valence-corrected chi connectivity index (χ1v) is 9.56. The standard InChI is InChI=1S/C17H18ClN3O5S/c1-3-6-21-14(19)13(15(23)20-17(21)25)12(22)8-26-16(24)10-7-9(27-2)4-5-11(10)18/h4-5,7H,3,6,8,19H2,1-2H3,(H,20,23,25). The first kappa shape index (κ1) is 20.8. The van der Waals surface area contributed by atoms with Crippen LogP contribution in [0.3, 0.4) is 0 Å². The number of ketones is 1. The van der Waals surface area contributed by atoms with Gasteiger partial charge in [-0.25, -0.2) is 9.59 Å². The molecule has 0 radical (unpaired) electrons. The van der Waals surface area contributed by atoms with E-state index < -0.39 is 35.2 Å². The molecule has 10 heteroatoms. The van der Waals surface area contributed by atoms with Crippen LogP contribution in [0.5, 0.6) is 0 Å². The van der Waals surface area contributed by atoms with Crippen LogP contribution < -0.4 is 17.0 Å². The summed E-state index contributed by atoms with van der Waals surface area (Å²) in [7, 11) is 0. The summed E-state index contributed by atoms with van der Waals surface area (Å²) >= 11 is 7.41. The Morgan fingerprint density at radius 1 is 1.33 bits per heavy atom. The molecular weight excluding hydrogens is 394 g/mol. The van der Waals surface area contributed by atoms with Crippen LogP contribution in [-0.4, -0.2) is 34.2 Å². The maximum absolute atomic E-state index is 12.4. The Hall–Kier alpha value is -2.52. The molecule has 0 saturated carbocycles. The van der Waals surface area contributed by atoms with Crippen molar-refractivity contribution in [2.24, 2.45) is 0 Å². The predicted octanol–water partition coefficient (Wildman–Crippen LogP) is 1.94. The highest BCUT2D eigenvalue weighted by Crippen LogP contribution is 2.23. The van der Waals surface area contributed by atoms with Crippen LogP contribution in [0.15, 0.2) is 32.7 Å². The normalized spacial score (nSPS) is 10.6. The fraction of sp³-hybridized carbons (Fsp3) is 0.294. The number of nitrogens with one attached hydrogen (secondary N) is 1. The number of hydrogen-bond acceptors (Lipinski definition) is 7. The van der Waals surface area contributed by atoms with Gasteiger partial charge in [-0.3, -0.25) is 19.1 Å². The van der Waals surface area contributed by atoms with Crippen molar-refractivity contribution in [1.82, 2.24) is 9.55 Å². The smallest absolute Gasteiger partial charge is 0.340 e. The number of esters is 1. The second-order valence-electron chi connectivity index (χ2n) is 5.52. The molecule has 0 saturated heterocycles. The second kappa shape index (κ2) is 8.92. The summed E-state index contributed by atoms with van der Waals surface area (Å²) in [6.07, 6.45) is 2.41. The van der Waals surface area contributed by atoms with Crippen LogP contribution in [-0.2, 0) is 11.3 Å². The maximum atomic E-state index is 12.4. The third-order valence-electron chi connectivity index (χ3n) is 3.69. The molecule has 0 aliphatic rings. The fourth-order valence-electron chi connectivity index (χ4n) is 2.37. The summed E-state index contributed by atoms with van der Waals surface area (Å²) in [4.78, 5) is 51.2. The summed E-state index contributed by atoms with van der Waals surface area (Å²) < 4.78 is 6.08. The van der Waals surface area contributed by atoms with Crippen molar-refractivity contribution >= 4 is 40.9 Å². The lowest BCUT2D eigenvalue weighted by Crippen LogP contribution is -2.37. The number of anilines is 1. The number of carbonyl (C=O) groups is 2. The van der Waals surface area contributed by atoms with Crippen LogP contribution in [0.4, 0.5) is 5.82 Å². The molecular formula is C17H18ClN3O5S. The van der Waals surface area contributed by atoms with Gasteiger partial charge in [-0.2, -0.15) is 0 Å². The summed E-state index contributed by atoms with van der Waals surface area (Å²) in [6.45, 7) is 1.33. The van der Waals surface area contributed by atoms with E-state index in [0.717, 1.165) is 9.46 Å². The average Bonchev–Trinajstić information content (AvgIpc) is 2.63. The first-order chi connectivity index (χ1) is 12.8. The molecule has 8 nitrogen and oxygen atoms in total. The maximum Gasteiger partial charge on any atom is 0.340 e. The Morgan fingerprint density at radius 2 is 2.04 bits per heavy atom. The molecule has 1 aromatic heterocycles. The van der Waals surface area contributed by atoms with Crippen molar-refractivity contribution < 1.29 is 14.3 Å². The third-order valence-corrected chi connectivity index (χ3v) is 4.75. The molecule has 0 bridgehead atoms. The predicted molar refractivity (Wildman–Crippen MR) is 104 cm³/mol. The van der Waals surface area contributed by atoms with E-state index in [1.54, 1.807) is 18.2 Å². The molecule has 2 rings (SSSR count). The van der Waals surface area contributed by atoms with E-state index >= 15 is 0 Å². The lowest BCUT2D eigenvalue weighted by molar-refractivity contribution is 0.0474. The number of hydrogen-bond donors (Lipinski definition) is 2. The number of carbonyl (C=O) groups excluding carboxylic acids is 2. The number of benzene rings is 1. The van der Waals surface area contributed by atoms with Gasteiger partial charge in [0.2, 0.25) is 5.78 Å². The SMILES string of the molecule is CCCn1c(N)c(C(=O)COC(=O)c2cc(SC)ccc2Cl)c(=O)[nH]c1=O. The van der Waals surface area contributed by atoms with E-state index in [4.69, 9.17) is 22.1 Å². The van der Waals surface area contributed by atoms with Gasteiger partial charge in [0.05, 0.1) is 10.6 Å². The highest BCUT2D eigenvalue weighted by molar-refractivity contribution is 7.98. The van der Waals surface area contributed by atoms with Gasteiger partial charge in [0.1, 0.15) is 11.4 Å². The lowest BCUT2D eigenvalue weighted by atomic mass is 10.2. The number of ether oxygens (including phenoxy) is 1. The van der Waals surface area contributed by atoms with Gasteiger partial charge in [0, 0.05) is 11.4 Å². The Balaban J connectivity index is 2.24. The van der Waals surface area contributed by atoms with E-state index in [9.17, 15) is 19.2 Å². The van der Waals surface area contributed by atoms with Crippen molar-refractivity contribution in [3.8, 4) is 0 Å². The van der Waals surface area contributed by atoms with E-state index in [2.05, 4.69) is 0 Å². The summed E-state index contributed by atoms with van der Waals surface area (Å²) in [6, 6.07) is 4.84. The van der Waals surface area contributed by atoms with Gasteiger partial charge in [-0.15, -0.1) is 11.8 Å². The zero-order valence-electron chi connectivity index (χ0n) is 14.7. The molecule has 2 aromatic rings. The van der Waals surface area contributed by atoms with Gasteiger partial charge in [-0.1, -0.05) is 18.5 Å². The Morgan fingerprint density at radius 3 is 2.67 bits per heavy atom. The first-order valence-electron chi connectivity index (χ1n) is 7.96. The second-order valence-corrected chi connectivity index (χ2v) is 6.80. The van der Waals surface area contributed by atoms with E-state index in [-0.39, 0.29) is 22.9 Å². The molecule has 0 unspecified atom stereocenters. The van der Waals surface area contributed by atoms with Crippen LogP contribution in [0.25, 0.3) is 0 Å². The highest BCUT2D eigenvalue weighted by Gasteiger charge is 2.21. The molecule has 0 amide bonds. The van der Waals surface area contributed by atoms with E-state index in [1.807, 2.05) is 18.2 Å². The number of thioether (sulfide) groups is 1. The van der Waals surface area contributed by atoms with Gasteiger partial charge in [0.25, 0.3) is 5.56 Å². The molecule has 0 aliphatic heterocycles. The number of nitrogens with two attached hydrogens (primary N) is 1. The topological polar surface area (TPSA) is 124 Å². The Kier molecular flexibility index (Phi) is 6.86. The van der Waals surface area contributed by atoms with Crippen LogP contribution in [0, 0.1) is 0 Å². The quantitative estimate of drug-likeness (QED) is 0.405. The monoisotopic (exact) mass is 411 g/mol. The van der Waals surface area contributed by atoms with E-state index in [0.29, 0.717) is 6.42 Å². The lowest BCUT2D eigenvalue weighted by Gasteiger charge is -2.11. The molecule has 0 aliphatic carbocycles. The highest BCUT2D eigenvalue weighted by atomic mass is 35.5. The number of H-pyrrole nitrogens is 1. The number of halogens is 1. The van der Waals surface area contributed by atoms with Crippen molar-refractivity contribution in [3.05, 3.63) is 55.2 Å². The number of aromatic amines is 1. The number of rotatable bonds is 7. The van der Waals surface area contributed by atoms with E-state index in [1.165, 1.54) is 11.8 Å². The zero-order chi connectivity index (χ0) is 20.1. The Bertz CT molecular complexity index is 999. The van der Waals surface area contributed by atoms with Gasteiger partial charge in [-0.05, 0) is 30.9 Å². The van der Waals surface area contributed by atoms with Crippen LogP contribution >= 0.6 is 23.4 Å². The number of Topliss-reactive ketones (excluding diaryl/α,β-unsaturated/α-hetero) is 1. The number of nitrogens with zero attached hydrogens (tertiary/aromatic N) is 1. The number of nitrogen functional groups attached to an aromatic ring is 1. The molecule has 0 spiro atoms. The van der Waals surface area contributed by atoms with Crippen LogP contribution in [0.1, 0.15) is 34.1 Å². The zero-order valence-corrected chi connectivity index (χ0v) is 16.3. The van der Waals surface area contributed by atoms with Crippen LogP contribution in [0.2, 0.25) is 5.02 Å². The average molecular weight is 412 g/mol. The molecule has 1 heterocycles. The molecule has 1 aromatic carbocycles. The largest absolute Gasteiger partial charge is 0.454 e. The van der Waals surface area contributed by atoms with Crippen molar-refractivity contribution in [1.29, 1.82) is 0 Å². The van der Waals surface area contributed by atoms with Crippen molar-refractivity contribution in [2.45, 2.75) is 24.8 Å². The molecule has 0 fully saturated rings. The minimum absolute atomic E-state index is 0.106. The third kappa shape index (κ3) is 4.61. The van der Waals surface area contributed by atoms with Gasteiger partial charge in [0.15, 0.2) is 6.61 Å². The molecule has 3 N–H and O–H groups in total. The fourth-order valence-corrected chi connectivity index (χ4v) is 3.01. The summed E-state index contributed by atoms with van der Waals surface area (Å²) in [5.74, 6) is -1.88. The minimum atomic E-state index is -0.923. The van der Waals surface area contributed by atoms with Gasteiger partial charge < -0.3 is 10.5 Å².